The van der Waals surface area contributed by atoms with Crippen molar-refractivity contribution < 1.29 is 8.42 Å². The molecule has 1 aliphatic heterocycles. The molecule has 1 aliphatic rings. The normalized spacial score (nSPS) is 14.5. The quantitative estimate of drug-likeness (QED) is 0.661. The summed E-state index contributed by atoms with van der Waals surface area (Å²) in [4.78, 5) is 9.25. The van der Waals surface area contributed by atoms with Gasteiger partial charge in [0.1, 0.15) is 5.01 Å². The zero-order chi connectivity index (χ0) is 18.3. The second-order valence-electron chi connectivity index (χ2n) is 6.47. The predicted molar refractivity (Wildman–Crippen MR) is 108 cm³/mol. The van der Waals surface area contributed by atoms with Crippen LogP contribution in [0.15, 0.2) is 29.0 Å². The first-order chi connectivity index (χ1) is 12.4. The van der Waals surface area contributed by atoms with E-state index in [9.17, 15) is 8.42 Å². The summed E-state index contributed by atoms with van der Waals surface area (Å²) < 4.78 is 25.5. The van der Waals surface area contributed by atoms with E-state index in [0.717, 1.165) is 57.5 Å². The van der Waals surface area contributed by atoms with Crippen LogP contribution in [-0.4, -0.2) is 31.2 Å². The van der Waals surface area contributed by atoms with Crippen molar-refractivity contribution in [3.63, 3.8) is 0 Å². The Morgan fingerprint density at radius 2 is 1.92 bits per heavy atom. The van der Waals surface area contributed by atoms with Crippen LogP contribution in [0.5, 0.6) is 0 Å². The molecule has 1 aromatic carbocycles. The SMILES string of the molecule is Cc1csc(Cc2nc(-c3ccc4c(c3)CCCN4S(C)(=O)=O)cs2)n1. The van der Waals surface area contributed by atoms with Gasteiger partial charge in [0.15, 0.2) is 0 Å². The highest BCUT2D eigenvalue weighted by molar-refractivity contribution is 7.92. The molecule has 0 unspecified atom stereocenters. The fraction of sp³-hybridized carbons (Fsp3) is 0.333. The maximum absolute atomic E-state index is 12.0. The Labute approximate surface area is 161 Å². The van der Waals surface area contributed by atoms with Gasteiger partial charge < -0.3 is 0 Å². The first kappa shape index (κ1) is 17.6. The highest BCUT2D eigenvalue weighted by Crippen LogP contribution is 2.33. The third kappa shape index (κ3) is 3.54. The van der Waals surface area contributed by atoms with Crippen LogP contribution in [-0.2, 0) is 22.9 Å². The first-order valence-electron chi connectivity index (χ1n) is 8.36. The number of rotatable bonds is 4. The Kier molecular flexibility index (Phi) is 4.58. The molecule has 0 amide bonds. The van der Waals surface area contributed by atoms with E-state index >= 15 is 0 Å². The molecule has 0 fully saturated rings. The van der Waals surface area contributed by atoms with Gasteiger partial charge >= 0.3 is 0 Å². The highest BCUT2D eigenvalue weighted by Gasteiger charge is 2.24. The average molecular weight is 406 g/mol. The lowest BCUT2D eigenvalue weighted by atomic mass is 10.00. The Hall–Kier alpha value is -1.77. The Morgan fingerprint density at radius 3 is 2.65 bits per heavy atom. The molecule has 3 heterocycles. The topological polar surface area (TPSA) is 63.2 Å². The van der Waals surface area contributed by atoms with E-state index in [2.05, 4.69) is 21.8 Å². The maximum atomic E-state index is 12.0. The fourth-order valence-corrected chi connectivity index (χ4v) is 5.88. The van der Waals surface area contributed by atoms with Crippen molar-refractivity contribution in [2.45, 2.75) is 26.2 Å². The van der Waals surface area contributed by atoms with Gasteiger partial charge in [-0.3, -0.25) is 4.31 Å². The van der Waals surface area contributed by atoms with Gasteiger partial charge in [0.2, 0.25) is 10.0 Å². The minimum absolute atomic E-state index is 0.555. The Balaban J connectivity index is 1.61. The molecule has 5 nitrogen and oxygen atoms in total. The summed E-state index contributed by atoms with van der Waals surface area (Å²) in [5, 5.41) is 6.25. The van der Waals surface area contributed by atoms with Gasteiger partial charge in [0.25, 0.3) is 0 Å². The Bertz CT molecular complexity index is 1050. The van der Waals surface area contributed by atoms with Gasteiger partial charge in [-0.1, -0.05) is 6.07 Å². The molecule has 4 rings (SSSR count). The van der Waals surface area contributed by atoms with Crippen molar-refractivity contribution in [2.24, 2.45) is 0 Å². The van der Waals surface area contributed by atoms with Crippen LogP contribution in [0.4, 0.5) is 5.69 Å². The first-order valence-corrected chi connectivity index (χ1v) is 12.0. The molecular formula is C18H19N3O2S3. The van der Waals surface area contributed by atoms with Crippen LogP contribution in [0.3, 0.4) is 0 Å². The number of hydrogen-bond donors (Lipinski definition) is 0. The largest absolute Gasteiger partial charge is 0.270 e. The minimum atomic E-state index is -3.23. The number of benzene rings is 1. The third-order valence-corrected chi connectivity index (χ3v) is 7.37. The summed E-state index contributed by atoms with van der Waals surface area (Å²) in [5.41, 5.74) is 4.90. The minimum Gasteiger partial charge on any atom is -0.270 e. The predicted octanol–water partition coefficient (Wildman–Crippen LogP) is 3.88. The summed E-state index contributed by atoms with van der Waals surface area (Å²) in [7, 11) is -3.23. The number of hydrogen-bond acceptors (Lipinski definition) is 6. The monoisotopic (exact) mass is 405 g/mol. The van der Waals surface area contributed by atoms with Crippen molar-refractivity contribution in [1.29, 1.82) is 0 Å². The van der Waals surface area contributed by atoms with Crippen molar-refractivity contribution in [3.8, 4) is 11.3 Å². The summed E-state index contributed by atoms with van der Waals surface area (Å²) in [6.07, 6.45) is 3.76. The molecule has 0 radical (unpaired) electrons. The molecule has 0 bridgehead atoms. The van der Waals surface area contributed by atoms with Gasteiger partial charge in [0.05, 0.1) is 29.1 Å². The molecule has 136 valence electrons. The second kappa shape index (κ2) is 6.75. The number of sulfonamides is 1. The smallest absolute Gasteiger partial charge is 0.232 e. The molecule has 0 N–H and O–H groups in total. The van der Waals surface area contributed by atoms with Crippen molar-refractivity contribution in [3.05, 3.63) is 50.2 Å². The zero-order valence-electron chi connectivity index (χ0n) is 14.6. The number of aromatic nitrogens is 2. The number of nitrogens with zero attached hydrogens (tertiary/aromatic N) is 3. The van der Waals surface area contributed by atoms with Crippen LogP contribution >= 0.6 is 22.7 Å². The summed E-state index contributed by atoms with van der Waals surface area (Å²) >= 11 is 3.30. The molecule has 0 aliphatic carbocycles. The van der Waals surface area contributed by atoms with Crippen molar-refractivity contribution in [2.75, 3.05) is 17.1 Å². The molecule has 8 heteroatoms. The maximum Gasteiger partial charge on any atom is 0.232 e. The van der Waals surface area contributed by atoms with Crippen molar-refractivity contribution in [1.82, 2.24) is 9.97 Å². The lowest BCUT2D eigenvalue weighted by Gasteiger charge is -2.29. The van der Waals surface area contributed by atoms with E-state index < -0.39 is 10.0 Å². The molecular weight excluding hydrogens is 386 g/mol. The third-order valence-electron chi connectivity index (χ3n) is 4.37. The van der Waals surface area contributed by atoms with E-state index in [1.54, 1.807) is 22.7 Å². The van der Waals surface area contributed by atoms with Gasteiger partial charge in [-0.15, -0.1) is 22.7 Å². The molecule has 0 spiro atoms. The van der Waals surface area contributed by atoms with E-state index in [-0.39, 0.29) is 0 Å². The molecule has 3 aromatic rings. The van der Waals surface area contributed by atoms with Crippen molar-refractivity contribution >= 4 is 38.4 Å². The standard InChI is InChI=1S/C18H19N3O2S3/c1-12-10-24-17(19-12)9-18-20-15(11-25-18)13-5-6-16-14(8-13)4-3-7-21(16)26(2,22)23/h5-6,8,10-11H,3-4,7,9H2,1-2H3. The lowest BCUT2D eigenvalue weighted by molar-refractivity contribution is 0.592. The molecule has 0 saturated carbocycles. The van der Waals surface area contributed by atoms with Crippen LogP contribution in [0.25, 0.3) is 11.3 Å². The number of anilines is 1. The Morgan fingerprint density at radius 1 is 1.15 bits per heavy atom. The number of fused-ring (bicyclic) bond motifs is 1. The zero-order valence-corrected chi connectivity index (χ0v) is 17.0. The van der Waals surface area contributed by atoms with Gasteiger partial charge in [-0.25, -0.2) is 18.4 Å². The molecule has 2 aromatic heterocycles. The summed E-state index contributed by atoms with van der Waals surface area (Å²) in [6.45, 7) is 2.56. The number of thiazole rings is 2. The molecule has 0 saturated heterocycles. The van der Waals surface area contributed by atoms with Gasteiger partial charge in [-0.05, 0) is 37.5 Å². The van der Waals surface area contributed by atoms with Crippen LogP contribution in [0.2, 0.25) is 0 Å². The van der Waals surface area contributed by atoms with Crippen LogP contribution < -0.4 is 4.31 Å². The highest BCUT2D eigenvalue weighted by atomic mass is 32.2. The average Bonchev–Trinajstić information content (AvgIpc) is 3.22. The second-order valence-corrected chi connectivity index (χ2v) is 10.3. The van der Waals surface area contributed by atoms with E-state index in [4.69, 9.17) is 4.98 Å². The number of aryl methyl sites for hydroxylation is 2. The van der Waals surface area contributed by atoms with E-state index in [1.165, 1.54) is 10.6 Å². The van der Waals surface area contributed by atoms with E-state index in [1.807, 2.05) is 19.1 Å². The summed E-state index contributed by atoms with van der Waals surface area (Å²) in [6, 6.07) is 5.96. The molecule has 0 atom stereocenters. The van der Waals surface area contributed by atoms with E-state index in [0.29, 0.717) is 6.54 Å². The van der Waals surface area contributed by atoms with Crippen LogP contribution in [0, 0.1) is 6.92 Å². The van der Waals surface area contributed by atoms with Gasteiger partial charge in [0, 0.05) is 28.6 Å². The van der Waals surface area contributed by atoms with Gasteiger partial charge in [-0.2, -0.15) is 0 Å². The summed E-state index contributed by atoms with van der Waals surface area (Å²) in [5.74, 6) is 0. The molecule has 26 heavy (non-hydrogen) atoms. The fourth-order valence-electron chi connectivity index (χ4n) is 3.20. The lowest BCUT2D eigenvalue weighted by Crippen LogP contribution is -2.34. The van der Waals surface area contributed by atoms with Crippen LogP contribution in [0.1, 0.15) is 27.7 Å².